The first kappa shape index (κ1) is 16.8. The van der Waals surface area contributed by atoms with E-state index < -0.39 is 0 Å². The molecular formula is C18H32S. The largest absolute Gasteiger partial charge is 0.149 e. The lowest BCUT2D eigenvalue weighted by atomic mass is 9.77. The van der Waals surface area contributed by atoms with Gasteiger partial charge in [0.05, 0.1) is 0 Å². The highest BCUT2D eigenvalue weighted by atomic mass is 32.1. The van der Waals surface area contributed by atoms with Crippen LogP contribution in [0, 0.1) is 5.41 Å². The molecule has 1 aromatic rings. The Kier molecular flexibility index (Phi) is 7.75. The molecule has 0 N–H and O–H groups in total. The van der Waals surface area contributed by atoms with Gasteiger partial charge in [-0.2, -0.15) is 0 Å². The van der Waals surface area contributed by atoms with Crippen molar-refractivity contribution in [1.29, 1.82) is 0 Å². The van der Waals surface area contributed by atoms with Crippen molar-refractivity contribution in [1.82, 2.24) is 0 Å². The Hall–Kier alpha value is -0.300. The van der Waals surface area contributed by atoms with Gasteiger partial charge in [-0.25, -0.2) is 0 Å². The molecule has 1 heteroatoms. The van der Waals surface area contributed by atoms with Gasteiger partial charge in [-0.3, -0.25) is 0 Å². The van der Waals surface area contributed by atoms with Gasteiger partial charge in [-0.05, 0) is 29.2 Å². The zero-order valence-corrected chi connectivity index (χ0v) is 14.2. The Labute approximate surface area is 124 Å². The number of rotatable bonds is 9. The van der Waals surface area contributed by atoms with Crippen molar-refractivity contribution in [2.24, 2.45) is 5.41 Å². The third-order valence-electron chi connectivity index (χ3n) is 4.03. The Morgan fingerprint density at radius 3 is 2.16 bits per heavy atom. The zero-order valence-electron chi connectivity index (χ0n) is 13.4. The molecule has 0 aliphatic heterocycles. The van der Waals surface area contributed by atoms with E-state index >= 15 is 0 Å². The summed E-state index contributed by atoms with van der Waals surface area (Å²) in [6.07, 6.45) is 11.2. The van der Waals surface area contributed by atoms with Crippen molar-refractivity contribution in [2.45, 2.75) is 85.0 Å². The molecule has 0 aromatic carbocycles. The van der Waals surface area contributed by atoms with Crippen LogP contribution in [0.2, 0.25) is 0 Å². The smallest absolute Gasteiger partial charge is 0.00814 e. The highest BCUT2D eigenvalue weighted by Gasteiger charge is 2.26. The first-order valence-corrected chi connectivity index (χ1v) is 8.97. The molecule has 0 fully saturated rings. The number of thiophene rings is 1. The van der Waals surface area contributed by atoms with E-state index in [1.807, 2.05) is 11.3 Å². The second kappa shape index (κ2) is 8.79. The van der Waals surface area contributed by atoms with Crippen molar-refractivity contribution >= 4 is 11.3 Å². The molecule has 0 bridgehead atoms. The first-order valence-electron chi connectivity index (χ1n) is 8.09. The molecule has 1 unspecified atom stereocenters. The van der Waals surface area contributed by atoms with Gasteiger partial charge in [-0.15, -0.1) is 11.3 Å². The van der Waals surface area contributed by atoms with Crippen molar-refractivity contribution < 1.29 is 0 Å². The fourth-order valence-corrected chi connectivity index (χ4v) is 3.90. The average Bonchev–Trinajstić information content (AvgIpc) is 2.84. The summed E-state index contributed by atoms with van der Waals surface area (Å²) < 4.78 is 0. The normalized spacial score (nSPS) is 13.7. The molecule has 0 aliphatic carbocycles. The SMILES string of the molecule is CCCCCCCCCC(c1cccs1)C(C)(C)C. The van der Waals surface area contributed by atoms with Gasteiger partial charge >= 0.3 is 0 Å². The van der Waals surface area contributed by atoms with E-state index in [4.69, 9.17) is 0 Å². The third-order valence-corrected chi connectivity index (χ3v) is 5.01. The maximum absolute atomic E-state index is 2.39. The molecule has 1 rings (SSSR count). The van der Waals surface area contributed by atoms with Gasteiger partial charge in [0.15, 0.2) is 0 Å². The van der Waals surface area contributed by atoms with E-state index in [-0.39, 0.29) is 0 Å². The van der Waals surface area contributed by atoms with Gasteiger partial charge < -0.3 is 0 Å². The monoisotopic (exact) mass is 280 g/mol. The topological polar surface area (TPSA) is 0 Å². The lowest BCUT2D eigenvalue weighted by Gasteiger charge is -2.30. The molecular weight excluding hydrogens is 248 g/mol. The average molecular weight is 281 g/mol. The summed E-state index contributed by atoms with van der Waals surface area (Å²) in [6.45, 7) is 9.45. The number of unbranched alkanes of at least 4 members (excludes halogenated alkanes) is 6. The summed E-state index contributed by atoms with van der Waals surface area (Å²) in [5, 5.41) is 2.22. The quantitative estimate of drug-likeness (QED) is 0.426. The number of hydrogen-bond donors (Lipinski definition) is 0. The van der Waals surface area contributed by atoms with Crippen molar-refractivity contribution in [3.8, 4) is 0 Å². The third kappa shape index (κ3) is 6.61. The fourth-order valence-electron chi connectivity index (χ4n) is 2.80. The van der Waals surface area contributed by atoms with E-state index in [1.165, 1.54) is 51.4 Å². The van der Waals surface area contributed by atoms with Gasteiger partial charge in [0.25, 0.3) is 0 Å². The lowest BCUT2D eigenvalue weighted by Crippen LogP contribution is -2.17. The van der Waals surface area contributed by atoms with E-state index in [0.717, 1.165) is 5.92 Å². The van der Waals surface area contributed by atoms with Crippen LogP contribution in [0.5, 0.6) is 0 Å². The molecule has 1 aromatic heterocycles. The maximum atomic E-state index is 2.39. The summed E-state index contributed by atoms with van der Waals surface area (Å²) >= 11 is 1.93. The van der Waals surface area contributed by atoms with Crippen LogP contribution in [-0.4, -0.2) is 0 Å². The first-order chi connectivity index (χ1) is 9.05. The minimum absolute atomic E-state index is 0.396. The van der Waals surface area contributed by atoms with Gasteiger partial charge in [-0.1, -0.05) is 78.7 Å². The minimum atomic E-state index is 0.396. The van der Waals surface area contributed by atoms with Crippen LogP contribution in [0.25, 0.3) is 0 Å². The lowest BCUT2D eigenvalue weighted by molar-refractivity contribution is 0.301. The molecule has 0 saturated carbocycles. The molecule has 1 atom stereocenters. The summed E-state index contributed by atoms with van der Waals surface area (Å²) in [5.41, 5.74) is 0.396. The van der Waals surface area contributed by atoms with Gasteiger partial charge in [0.2, 0.25) is 0 Å². The number of hydrogen-bond acceptors (Lipinski definition) is 1. The Balaban J connectivity index is 2.27. The van der Waals surface area contributed by atoms with Crippen LogP contribution in [0.3, 0.4) is 0 Å². The highest BCUT2D eigenvalue weighted by Crippen LogP contribution is 2.40. The molecule has 0 saturated heterocycles. The highest BCUT2D eigenvalue weighted by molar-refractivity contribution is 7.10. The van der Waals surface area contributed by atoms with Crippen LogP contribution >= 0.6 is 11.3 Å². The fraction of sp³-hybridized carbons (Fsp3) is 0.778. The zero-order chi connectivity index (χ0) is 14.1. The molecule has 1 heterocycles. The summed E-state index contributed by atoms with van der Waals surface area (Å²) in [7, 11) is 0. The molecule has 110 valence electrons. The molecule has 0 radical (unpaired) electrons. The van der Waals surface area contributed by atoms with Crippen LogP contribution in [0.15, 0.2) is 17.5 Å². The van der Waals surface area contributed by atoms with E-state index in [1.54, 1.807) is 4.88 Å². The van der Waals surface area contributed by atoms with Crippen molar-refractivity contribution in [2.75, 3.05) is 0 Å². The molecule has 0 nitrogen and oxygen atoms in total. The molecule has 0 amide bonds. The van der Waals surface area contributed by atoms with Crippen LogP contribution < -0.4 is 0 Å². The van der Waals surface area contributed by atoms with Crippen LogP contribution in [0.4, 0.5) is 0 Å². The molecule has 0 aliphatic rings. The predicted octanol–water partition coefficient (Wildman–Crippen LogP) is 7.02. The Bertz CT molecular complexity index is 305. The van der Waals surface area contributed by atoms with Crippen molar-refractivity contribution in [3.63, 3.8) is 0 Å². The van der Waals surface area contributed by atoms with Gasteiger partial charge in [0.1, 0.15) is 0 Å². The Morgan fingerprint density at radius 1 is 1.00 bits per heavy atom. The summed E-state index contributed by atoms with van der Waals surface area (Å²) in [6, 6.07) is 4.52. The van der Waals surface area contributed by atoms with E-state index in [2.05, 4.69) is 45.2 Å². The molecule has 19 heavy (non-hydrogen) atoms. The van der Waals surface area contributed by atoms with Gasteiger partial charge in [0, 0.05) is 4.88 Å². The second-order valence-electron chi connectivity index (χ2n) is 6.84. The summed E-state index contributed by atoms with van der Waals surface area (Å²) in [4.78, 5) is 1.58. The Morgan fingerprint density at radius 2 is 1.63 bits per heavy atom. The van der Waals surface area contributed by atoms with E-state index in [0.29, 0.717) is 5.41 Å². The summed E-state index contributed by atoms with van der Waals surface area (Å²) in [5.74, 6) is 0.739. The minimum Gasteiger partial charge on any atom is -0.149 e. The van der Waals surface area contributed by atoms with Crippen molar-refractivity contribution in [3.05, 3.63) is 22.4 Å². The van der Waals surface area contributed by atoms with E-state index in [9.17, 15) is 0 Å². The second-order valence-corrected chi connectivity index (χ2v) is 7.82. The molecule has 0 spiro atoms. The maximum Gasteiger partial charge on any atom is 0.00814 e. The van der Waals surface area contributed by atoms with Crippen LogP contribution in [-0.2, 0) is 0 Å². The standard InChI is InChI=1S/C18H32S/c1-5-6-7-8-9-10-11-13-16(18(2,3)4)17-14-12-15-19-17/h12,14-16H,5-11,13H2,1-4H3. The van der Waals surface area contributed by atoms with Crippen LogP contribution in [0.1, 0.15) is 89.9 Å². The predicted molar refractivity (Wildman–Crippen MR) is 89.1 cm³/mol.